The van der Waals surface area contributed by atoms with Crippen molar-refractivity contribution in [1.29, 1.82) is 0 Å². The second-order valence-corrected chi connectivity index (χ2v) is 6.52. The number of benzene rings is 1. The Morgan fingerprint density at radius 3 is 2.37 bits per heavy atom. The first kappa shape index (κ1) is 14.4. The predicted molar refractivity (Wildman–Crippen MR) is 83.7 cm³/mol. The number of hydrogen-bond donors (Lipinski definition) is 1. The van der Waals surface area contributed by atoms with Gasteiger partial charge in [0.2, 0.25) is 0 Å². The fraction of sp³-hybridized carbons (Fsp3) is 0.647. The van der Waals surface area contributed by atoms with Crippen LogP contribution in [0.3, 0.4) is 0 Å². The quantitative estimate of drug-likeness (QED) is 0.890. The Hall–Kier alpha value is -1.02. The zero-order valence-corrected chi connectivity index (χ0v) is 13.0. The summed E-state index contributed by atoms with van der Waals surface area (Å²) in [7, 11) is 0. The van der Waals surface area contributed by atoms with Crippen molar-refractivity contribution in [2.45, 2.75) is 47.2 Å². The summed E-state index contributed by atoms with van der Waals surface area (Å²) in [5.41, 5.74) is 4.21. The molecule has 0 spiro atoms. The highest BCUT2D eigenvalue weighted by atomic mass is 15.2. The van der Waals surface area contributed by atoms with Gasteiger partial charge in [-0.3, -0.25) is 0 Å². The Bertz CT molecular complexity index is 415. The standard InChI is InChI=1S/C17H28N2/c1-12(2)18-9-16-6-7-17(13(3)8-16)19-10-14(4)15(5)11-19/h6-8,12,14-15,18H,9-11H2,1-5H3. The Morgan fingerprint density at radius 1 is 1.21 bits per heavy atom. The lowest BCUT2D eigenvalue weighted by Crippen LogP contribution is -2.23. The van der Waals surface area contributed by atoms with Gasteiger partial charge in [0.1, 0.15) is 0 Å². The topological polar surface area (TPSA) is 15.3 Å². The number of aryl methyl sites for hydroxylation is 1. The van der Waals surface area contributed by atoms with Crippen LogP contribution in [0.4, 0.5) is 5.69 Å². The van der Waals surface area contributed by atoms with E-state index in [1.54, 1.807) is 0 Å². The molecule has 0 aromatic heterocycles. The molecule has 0 amide bonds. The van der Waals surface area contributed by atoms with E-state index in [0.717, 1.165) is 18.4 Å². The van der Waals surface area contributed by atoms with Gasteiger partial charge in [0.15, 0.2) is 0 Å². The van der Waals surface area contributed by atoms with E-state index in [2.05, 4.69) is 63.0 Å². The van der Waals surface area contributed by atoms with Crippen molar-refractivity contribution < 1.29 is 0 Å². The molecule has 106 valence electrons. The molecule has 2 unspecified atom stereocenters. The monoisotopic (exact) mass is 260 g/mol. The highest BCUT2D eigenvalue weighted by Gasteiger charge is 2.26. The molecule has 2 rings (SSSR count). The van der Waals surface area contributed by atoms with Gasteiger partial charge in [0.05, 0.1) is 0 Å². The highest BCUT2D eigenvalue weighted by Crippen LogP contribution is 2.30. The largest absolute Gasteiger partial charge is 0.371 e. The van der Waals surface area contributed by atoms with Crippen molar-refractivity contribution in [2.24, 2.45) is 11.8 Å². The molecule has 2 nitrogen and oxygen atoms in total. The molecule has 1 fully saturated rings. The summed E-state index contributed by atoms with van der Waals surface area (Å²) < 4.78 is 0. The molecule has 1 aromatic carbocycles. The summed E-state index contributed by atoms with van der Waals surface area (Å²) in [6.07, 6.45) is 0. The number of nitrogens with one attached hydrogen (secondary N) is 1. The van der Waals surface area contributed by atoms with E-state index in [9.17, 15) is 0 Å². The first-order chi connectivity index (χ1) is 8.97. The third kappa shape index (κ3) is 3.50. The van der Waals surface area contributed by atoms with Crippen molar-refractivity contribution in [2.75, 3.05) is 18.0 Å². The van der Waals surface area contributed by atoms with Gasteiger partial charge in [-0.2, -0.15) is 0 Å². The van der Waals surface area contributed by atoms with Gasteiger partial charge in [-0.05, 0) is 36.0 Å². The molecule has 0 bridgehead atoms. The third-order valence-corrected chi connectivity index (χ3v) is 4.30. The summed E-state index contributed by atoms with van der Waals surface area (Å²) >= 11 is 0. The second-order valence-electron chi connectivity index (χ2n) is 6.52. The van der Waals surface area contributed by atoms with Crippen LogP contribution in [0.15, 0.2) is 18.2 Å². The summed E-state index contributed by atoms with van der Waals surface area (Å²) in [5, 5.41) is 3.48. The third-order valence-electron chi connectivity index (χ3n) is 4.30. The maximum Gasteiger partial charge on any atom is 0.0396 e. The van der Waals surface area contributed by atoms with Crippen molar-refractivity contribution in [1.82, 2.24) is 5.32 Å². The number of hydrogen-bond acceptors (Lipinski definition) is 2. The fourth-order valence-corrected chi connectivity index (χ4v) is 2.83. The van der Waals surface area contributed by atoms with Crippen LogP contribution in [0.25, 0.3) is 0 Å². The van der Waals surface area contributed by atoms with Crippen molar-refractivity contribution >= 4 is 5.69 Å². The van der Waals surface area contributed by atoms with Crippen LogP contribution in [0, 0.1) is 18.8 Å². The summed E-state index contributed by atoms with van der Waals surface area (Å²) in [5.74, 6) is 1.61. The SMILES string of the molecule is Cc1cc(CNC(C)C)ccc1N1CC(C)C(C)C1. The molecule has 0 saturated carbocycles. The maximum absolute atomic E-state index is 3.48. The van der Waals surface area contributed by atoms with Crippen LogP contribution in [-0.2, 0) is 6.54 Å². The van der Waals surface area contributed by atoms with Crippen LogP contribution in [0.1, 0.15) is 38.8 Å². The molecule has 1 saturated heterocycles. The van der Waals surface area contributed by atoms with Gasteiger partial charge < -0.3 is 10.2 Å². The van der Waals surface area contributed by atoms with Crippen LogP contribution >= 0.6 is 0 Å². The lowest BCUT2D eigenvalue weighted by Gasteiger charge is -2.21. The Balaban J connectivity index is 2.07. The Labute approximate surface area is 118 Å². The van der Waals surface area contributed by atoms with Gasteiger partial charge in [0, 0.05) is 31.4 Å². The van der Waals surface area contributed by atoms with Crippen LogP contribution in [0.5, 0.6) is 0 Å². The van der Waals surface area contributed by atoms with E-state index < -0.39 is 0 Å². The molecule has 19 heavy (non-hydrogen) atoms. The Morgan fingerprint density at radius 2 is 1.84 bits per heavy atom. The molecular weight excluding hydrogens is 232 g/mol. The lowest BCUT2D eigenvalue weighted by atomic mass is 10.0. The van der Waals surface area contributed by atoms with E-state index in [1.165, 1.54) is 29.9 Å². The van der Waals surface area contributed by atoms with E-state index in [0.29, 0.717) is 6.04 Å². The smallest absolute Gasteiger partial charge is 0.0396 e. The van der Waals surface area contributed by atoms with Crippen LogP contribution in [-0.4, -0.2) is 19.1 Å². The first-order valence-corrected chi connectivity index (χ1v) is 7.55. The average Bonchev–Trinajstić information content (AvgIpc) is 2.67. The average molecular weight is 260 g/mol. The number of rotatable bonds is 4. The molecule has 2 heteroatoms. The minimum atomic E-state index is 0.542. The summed E-state index contributed by atoms with van der Waals surface area (Å²) in [4.78, 5) is 2.55. The molecule has 2 atom stereocenters. The molecule has 0 aliphatic carbocycles. The zero-order valence-electron chi connectivity index (χ0n) is 13.0. The van der Waals surface area contributed by atoms with Crippen molar-refractivity contribution in [3.63, 3.8) is 0 Å². The van der Waals surface area contributed by atoms with E-state index in [4.69, 9.17) is 0 Å². The van der Waals surface area contributed by atoms with Gasteiger partial charge >= 0.3 is 0 Å². The van der Waals surface area contributed by atoms with E-state index >= 15 is 0 Å². The van der Waals surface area contributed by atoms with Gasteiger partial charge in [-0.15, -0.1) is 0 Å². The minimum absolute atomic E-state index is 0.542. The minimum Gasteiger partial charge on any atom is -0.371 e. The van der Waals surface area contributed by atoms with Crippen molar-refractivity contribution in [3.8, 4) is 0 Å². The fourth-order valence-electron chi connectivity index (χ4n) is 2.83. The molecule has 1 aliphatic rings. The first-order valence-electron chi connectivity index (χ1n) is 7.55. The van der Waals surface area contributed by atoms with E-state index in [-0.39, 0.29) is 0 Å². The van der Waals surface area contributed by atoms with Crippen LogP contribution in [0.2, 0.25) is 0 Å². The van der Waals surface area contributed by atoms with Gasteiger partial charge in [-0.25, -0.2) is 0 Å². The lowest BCUT2D eigenvalue weighted by molar-refractivity contribution is 0.494. The van der Waals surface area contributed by atoms with Gasteiger partial charge in [-0.1, -0.05) is 39.8 Å². The highest BCUT2D eigenvalue weighted by molar-refractivity contribution is 5.55. The molecule has 1 N–H and O–H groups in total. The Kier molecular flexibility index (Phi) is 4.51. The number of nitrogens with zero attached hydrogens (tertiary/aromatic N) is 1. The van der Waals surface area contributed by atoms with Crippen molar-refractivity contribution in [3.05, 3.63) is 29.3 Å². The molecule has 1 aromatic rings. The van der Waals surface area contributed by atoms with E-state index in [1.807, 2.05) is 0 Å². The second kappa shape index (κ2) is 5.96. The number of anilines is 1. The summed E-state index contributed by atoms with van der Waals surface area (Å²) in [6.45, 7) is 14.7. The molecule has 1 aliphatic heterocycles. The normalized spacial score (nSPS) is 23.4. The molecule has 0 radical (unpaired) electrons. The maximum atomic E-state index is 3.48. The van der Waals surface area contributed by atoms with Gasteiger partial charge in [0.25, 0.3) is 0 Å². The predicted octanol–water partition coefficient (Wildman–Crippen LogP) is 3.59. The molecular formula is C17H28N2. The van der Waals surface area contributed by atoms with Crippen LogP contribution < -0.4 is 10.2 Å². The zero-order chi connectivity index (χ0) is 14.0. The molecule has 1 heterocycles. The summed E-state index contributed by atoms with van der Waals surface area (Å²) in [6, 6.07) is 7.45.